The quantitative estimate of drug-likeness (QED) is 0.513. The maximum absolute atomic E-state index is 13.6. The monoisotopic (exact) mass is 433 g/mol. The molecule has 158 valence electrons. The van der Waals surface area contributed by atoms with Gasteiger partial charge in [-0.25, -0.2) is 4.39 Å². The SMILES string of the molecule is CC(C)(C)[S@@+]([O-])NC(CCOc1ccc(Cl)c(F)c1)B1OC(C)(C)C(C)(C)O1. The zero-order valence-corrected chi connectivity index (χ0v) is 19.2. The molecule has 1 heterocycles. The van der Waals surface area contributed by atoms with Crippen molar-refractivity contribution in [3.8, 4) is 5.75 Å². The van der Waals surface area contributed by atoms with Gasteiger partial charge in [0.15, 0.2) is 0 Å². The summed E-state index contributed by atoms with van der Waals surface area (Å²) in [6.45, 7) is 13.8. The Morgan fingerprint density at radius 3 is 2.32 bits per heavy atom. The van der Waals surface area contributed by atoms with E-state index in [0.29, 0.717) is 12.2 Å². The summed E-state index contributed by atoms with van der Waals surface area (Å²) in [5, 5.41) is 0.0460. The molecule has 1 aromatic rings. The molecule has 1 N–H and O–H groups in total. The Balaban J connectivity index is 2.07. The summed E-state index contributed by atoms with van der Waals surface area (Å²) in [5.74, 6) is -0.515. The number of ether oxygens (including phenoxy) is 1. The molecule has 0 bridgehead atoms. The van der Waals surface area contributed by atoms with Gasteiger partial charge in [-0.2, -0.15) is 0 Å². The number of halogens is 2. The molecule has 1 unspecified atom stereocenters. The molecule has 0 spiro atoms. The van der Waals surface area contributed by atoms with Crippen molar-refractivity contribution in [3.63, 3.8) is 0 Å². The Labute approximate surface area is 176 Å². The molecule has 1 aromatic carbocycles. The standard InChI is InChI=1S/C19H30BClFNO4S/c1-17(2,3)28(24)23-16(20-26-18(4,5)19(6,7)27-20)10-11-25-13-8-9-14(21)15(22)12-13/h8-9,12,16,23H,10-11H2,1-7H3/t16?,28-/m1/s1. The Morgan fingerprint density at radius 1 is 1.25 bits per heavy atom. The van der Waals surface area contributed by atoms with E-state index in [9.17, 15) is 8.94 Å². The highest BCUT2D eigenvalue weighted by molar-refractivity contribution is 7.90. The molecule has 0 aliphatic carbocycles. The first-order valence-corrected chi connectivity index (χ1v) is 10.9. The van der Waals surface area contributed by atoms with Crippen LogP contribution < -0.4 is 9.46 Å². The predicted molar refractivity (Wildman–Crippen MR) is 112 cm³/mol. The topological polar surface area (TPSA) is 62.8 Å². The molecule has 1 saturated heterocycles. The van der Waals surface area contributed by atoms with Gasteiger partial charge in [-0.05, 0) is 67.0 Å². The van der Waals surface area contributed by atoms with Crippen LogP contribution in [-0.2, 0) is 20.7 Å². The van der Waals surface area contributed by atoms with Gasteiger partial charge in [-0.1, -0.05) is 11.6 Å². The van der Waals surface area contributed by atoms with Crippen LogP contribution in [0.25, 0.3) is 0 Å². The smallest absolute Gasteiger partial charge is 0.480 e. The van der Waals surface area contributed by atoms with Gasteiger partial charge in [0.2, 0.25) is 0 Å². The summed E-state index contributed by atoms with van der Waals surface area (Å²) in [6, 6.07) is 4.30. The number of rotatable bonds is 7. The fourth-order valence-electron chi connectivity index (χ4n) is 2.49. The molecule has 28 heavy (non-hydrogen) atoms. The molecular weight excluding hydrogens is 404 g/mol. The molecule has 2 rings (SSSR count). The van der Waals surface area contributed by atoms with Crippen molar-refractivity contribution in [2.24, 2.45) is 0 Å². The van der Waals surface area contributed by atoms with E-state index in [-0.39, 0.29) is 17.6 Å². The summed E-state index contributed by atoms with van der Waals surface area (Å²) in [4.78, 5) is 0. The van der Waals surface area contributed by atoms with E-state index in [0.717, 1.165) is 0 Å². The molecule has 1 aliphatic heterocycles. The third kappa shape index (κ3) is 5.77. The molecule has 1 fully saturated rings. The van der Waals surface area contributed by atoms with Gasteiger partial charge in [0.05, 0.1) is 28.8 Å². The first-order valence-electron chi connectivity index (χ1n) is 9.34. The number of nitrogens with one attached hydrogen (secondary N) is 1. The molecular formula is C19H30BClFNO4S. The van der Waals surface area contributed by atoms with E-state index < -0.39 is 40.2 Å². The lowest BCUT2D eigenvalue weighted by Crippen LogP contribution is -2.52. The van der Waals surface area contributed by atoms with Gasteiger partial charge in [-0.15, -0.1) is 4.72 Å². The van der Waals surface area contributed by atoms with Crippen LogP contribution >= 0.6 is 11.6 Å². The van der Waals surface area contributed by atoms with E-state index in [2.05, 4.69) is 4.72 Å². The highest BCUT2D eigenvalue weighted by atomic mass is 35.5. The average molecular weight is 434 g/mol. The Bertz CT molecular complexity index is 670. The van der Waals surface area contributed by atoms with Crippen molar-refractivity contribution >= 4 is 30.1 Å². The highest BCUT2D eigenvalue weighted by Gasteiger charge is 2.55. The van der Waals surface area contributed by atoms with Gasteiger partial charge < -0.3 is 18.6 Å². The van der Waals surface area contributed by atoms with Crippen LogP contribution in [0.1, 0.15) is 54.9 Å². The van der Waals surface area contributed by atoms with Gasteiger partial charge in [-0.3, -0.25) is 0 Å². The first kappa shape index (κ1) is 23.8. The highest BCUT2D eigenvalue weighted by Crippen LogP contribution is 2.38. The summed E-state index contributed by atoms with van der Waals surface area (Å²) in [5.41, 5.74) is -0.998. The fraction of sp³-hybridized carbons (Fsp3) is 0.684. The molecule has 0 radical (unpaired) electrons. The van der Waals surface area contributed by atoms with Crippen LogP contribution in [0.15, 0.2) is 18.2 Å². The number of hydrogen-bond acceptors (Lipinski definition) is 5. The van der Waals surface area contributed by atoms with Crippen molar-refractivity contribution in [2.45, 2.75) is 76.8 Å². The lowest BCUT2D eigenvalue weighted by Gasteiger charge is -2.32. The molecule has 0 aromatic heterocycles. The molecule has 1 aliphatic rings. The predicted octanol–water partition coefficient (Wildman–Crippen LogP) is 4.30. The summed E-state index contributed by atoms with van der Waals surface area (Å²) < 4.78 is 46.8. The average Bonchev–Trinajstić information content (AvgIpc) is 2.76. The number of benzene rings is 1. The molecule has 9 heteroatoms. The van der Waals surface area contributed by atoms with Crippen LogP contribution in [0.2, 0.25) is 5.02 Å². The molecule has 0 amide bonds. The van der Waals surface area contributed by atoms with E-state index in [1.165, 1.54) is 12.1 Å². The summed E-state index contributed by atoms with van der Waals surface area (Å²) in [6.07, 6.45) is 0.461. The van der Waals surface area contributed by atoms with Crippen molar-refractivity contribution in [2.75, 3.05) is 6.61 Å². The van der Waals surface area contributed by atoms with E-state index >= 15 is 0 Å². The van der Waals surface area contributed by atoms with Gasteiger partial charge in [0, 0.05) is 17.4 Å². The van der Waals surface area contributed by atoms with Crippen LogP contribution in [0.3, 0.4) is 0 Å². The van der Waals surface area contributed by atoms with Gasteiger partial charge in [0.1, 0.15) is 16.3 Å². The second kappa shape index (κ2) is 8.70. The maximum atomic E-state index is 13.6. The lowest BCUT2D eigenvalue weighted by molar-refractivity contribution is 0.00578. The first-order chi connectivity index (χ1) is 12.7. The fourth-order valence-corrected chi connectivity index (χ4v) is 3.46. The molecule has 0 saturated carbocycles. The Morgan fingerprint density at radius 2 is 1.82 bits per heavy atom. The van der Waals surface area contributed by atoms with Crippen LogP contribution in [-0.4, -0.2) is 40.2 Å². The van der Waals surface area contributed by atoms with Gasteiger partial charge >= 0.3 is 7.12 Å². The van der Waals surface area contributed by atoms with Gasteiger partial charge in [0.25, 0.3) is 0 Å². The minimum Gasteiger partial charge on any atom is -0.598 e. The summed E-state index contributed by atoms with van der Waals surface area (Å²) >= 11 is 4.39. The normalized spacial score (nSPS) is 20.9. The van der Waals surface area contributed by atoms with Crippen LogP contribution in [0.4, 0.5) is 4.39 Å². The van der Waals surface area contributed by atoms with Crippen LogP contribution in [0, 0.1) is 5.82 Å². The van der Waals surface area contributed by atoms with Crippen molar-refractivity contribution < 1.29 is 23.0 Å². The Hall–Kier alpha value is -0.505. The number of hydrogen-bond donors (Lipinski definition) is 1. The van der Waals surface area contributed by atoms with Crippen LogP contribution in [0.5, 0.6) is 5.75 Å². The lowest BCUT2D eigenvalue weighted by atomic mass is 9.77. The van der Waals surface area contributed by atoms with Crippen molar-refractivity contribution in [3.05, 3.63) is 29.0 Å². The third-order valence-corrected chi connectivity index (χ3v) is 6.94. The third-order valence-electron chi connectivity index (χ3n) is 5.00. The van der Waals surface area contributed by atoms with Crippen molar-refractivity contribution in [1.82, 2.24) is 4.72 Å². The molecule has 2 atom stereocenters. The van der Waals surface area contributed by atoms with E-state index in [1.54, 1.807) is 6.07 Å². The second-order valence-electron chi connectivity index (χ2n) is 8.94. The minimum absolute atomic E-state index is 0.0460. The zero-order chi connectivity index (χ0) is 21.3. The zero-order valence-electron chi connectivity index (χ0n) is 17.6. The Kier molecular flexibility index (Phi) is 7.38. The summed E-state index contributed by atoms with van der Waals surface area (Å²) in [7, 11) is -0.582. The second-order valence-corrected chi connectivity index (χ2v) is 11.3. The molecule has 5 nitrogen and oxygen atoms in total. The van der Waals surface area contributed by atoms with E-state index in [4.69, 9.17) is 25.6 Å². The van der Waals surface area contributed by atoms with E-state index in [1.807, 2.05) is 48.5 Å². The maximum Gasteiger partial charge on any atom is 0.480 e. The minimum atomic E-state index is -1.31. The largest absolute Gasteiger partial charge is 0.598 e. The van der Waals surface area contributed by atoms with Crippen molar-refractivity contribution in [1.29, 1.82) is 0 Å².